The van der Waals surface area contributed by atoms with E-state index in [1.807, 2.05) is 31.2 Å². The van der Waals surface area contributed by atoms with Crippen molar-refractivity contribution in [1.29, 1.82) is 0 Å². The molecule has 0 amide bonds. The molecule has 2 N–H and O–H groups in total. The Morgan fingerprint density at radius 1 is 1.21 bits per heavy atom. The van der Waals surface area contributed by atoms with Crippen LogP contribution in [0.25, 0.3) is 0 Å². The molecule has 0 aliphatic rings. The van der Waals surface area contributed by atoms with Gasteiger partial charge in [-0.25, -0.2) is 0 Å². The quantitative estimate of drug-likeness (QED) is 0.561. The smallest absolute Gasteiger partial charge is 0.191 e. The minimum atomic E-state index is -0.0262. The van der Waals surface area contributed by atoms with E-state index in [-0.39, 0.29) is 11.6 Å². The van der Waals surface area contributed by atoms with Crippen LogP contribution in [0, 0.1) is 0 Å². The van der Waals surface area contributed by atoms with Crippen molar-refractivity contribution in [3.05, 3.63) is 24.3 Å². The van der Waals surface area contributed by atoms with Gasteiger partial charge in [0.2, 0.25) is 0 Å². The molecule has 1 atom stereocenters. The highest BCUT2D eigenvalue weighted by Gasteiger charge is 2.20. The van der Waals surface area contributed by atoms with E-state index < -0.39 is 0 Å². The van der Waals surface area contributed by atoms with E-state index in [0.717, 1.165) is 24.0 Å². The van der Waals surface area contributed by atoms with Gasteiger partial charge in [-0.1, -0.05) is 12.1 Å². The first-order chi connectivity index (χ1) is 11.3. The number of para-hydroxylation sites is 2. The Kier molecular flexibility index (Phi) is 7.85. The first-order valence-electron chi connectivity index (χ1n) is 8.21. The first kappa shape index (κ1) is 20.1. The normalized spacial score (nSPS) is 13.6. The fraction of sp³-hybridized carbons (Fsp3) is 0.611. The van der Waals surface area contributed by atoms with Crippen molar-refractivity contribution < 1.29 is 9.47 Å². The molecule has 1 aromatic carbocycles. The highest BCUT2D eigenvalue weighted by atomic mass is 16.5. The number of ether oxygens (including phenoxy) is 2. The molecular weight excluding hydrogens is 304 g/mol. The summed E-state index contributed by atoms with van der Waals surface area (Å²) in [5.41, 5.74) is 0.0388. The van der Waals surface area contributed by atoms with Crippen LogP contribution in [0.15, 0.2) is 29.3 Å². The van der Waals surface area contributed by atoms with Crippen molar-refractivity contribution in [2.75, 3.05) is 41.3 Å². The standard InChI is InChI=1S/C18H32N4O2/c1-14(24-16-11-9-8-10-15(16)23-7)12-20-17(19-4)21-13-18(2,3)22(5)6/h8-11,14H,12-13H2,1-7H3,(H2,19,20,21). The van der Waals surface area contributed by atoms with E-state index >= 15 is 0 Å². The summed E-state index contributed by atoms with van der Waals surface area (Å²) in [5, 5.41) is 6.64. The Balaban J connectivity index is 2.48. The Morgan fingerprint density at radius 3 is 2.38 bits per heavy atom. The maximum absolute atomic E-state index is 5.94. The number of nitrogens with one attached hydrogen (secondary N) is 2. The molecule has 0 aliphatic carbocycles. The van der Waals surface area contributed by atoms with Crippen molar-refractivity contribution in [3.63, 3.8) is 0 Å². The van der Waals surface area contributed by atoms with Gasteiger partial charge in [-0.15, -0.1) is 0 Å². The van der Waals surface area contributed by atoms with Crippen molar-refractivity contribution in [2.45, 2.75) is 32.4 Å². The Labute approximate surface area is 146 Å². The predicted molar refractivity (Wildman–Crippen MR) is 100 cm³/mol. The Hall–Kier alpha value is -1.95. The zero-order valence-corrected chi connectivity index (χ0v) is 16.0. The molecule has 136 valence electrons. The average Bonchev–Trinajstić information content (AvgIpc) is 2.55. The van der Waals surface area contributed by atoms with Crippen LogP contribution in [-0.2, 0) is 0 Å². The molecule has 0 heterocycles. The zero-order chi connectivity index (χ0) is 18.2. The van der Waals surface area contributed by atoms with Gasteiger partial charge in [-0.3, -0.25) is 4.99 Å². The lowest BCUT2D eigenvalue weighted by molar-refractivity contribution is 0.196. The lowest BCUT2D eigenvalue weighted by atomic mass is 10.0. The molecule has 0 spiro atoms. The topological polar surface area (TPSA) is 58.1 Å². The summed E-state index contributed by atoms with van der Waals surface area (Å²) < 4.78 is 11.2. The molecule has 0 aromatic heterocycles. The summed E-state index contributed by atoms with van der Waals surface area (Å²) >= 11 is 0. The van der Waals surface area contributed by atoms with Crippen molar-refractivity contribution >= 4 is 5.96 Å². The summed E-state index contributed by atoms with van der Waals surface area (Å²) in [5.74, 6) is 2.24. The van der Waals surface area contributed by atoms with Crippen LogP contribution in [0.3, 0.4) is 0 Å². The second-order valence-corrected chi connectivity index (χ2v) is 6.59. The van der Waals surface area contributed by atoms with E-state index in [0.29, 0.717) is 6.54 Å². The van der Waals surface area contributed by atoms with Gasteiger partial charge in [0, 0.05) is 19.1 Å². The number of hydrogen-bond donors (Lipinski definition) is 2. The van der Waals surface area contributed by atoms with Gasteiger partial charge in [0.15, 0.2) is 17.5 Å². The third-order valence-electron chi connectivity index (χ3n) is 4.08. The molecule has 0 saturated carbocycles. The number of benzene rings is 1. The average molecular weight is 336 g/mol. The van der Waals surface area contributed by atoms with Gasteiger partial charge in [0.1, 0.15) is 6.10 Å². The lowest BCUT2D eigenvalue weighted by Crippen LogP contribution is -2.51. The molecule has 24 heavy (non-hydrogen) atoms. The summed E-state index contributed by atoms with van der Waals surface area (Å²) in [4.78, 5) is 6.44. The van der Waals surface area contributed by atoms with Gasteiger partial charge < -0.3 is 25.0 Å². The molecule has 1 aromatic rings. The van der Waals surface area contributed by atoms with Crippen LogP contribution >= 0.6 is 0 Å². The van der Waals surface area contributed by atoms with Crippen LogP contribution in [0.5, 0.6) is 11.5 Å². The predicted octanol–water partition coefficient (Wildman–Crippen LogP) is 1.97. The SMILES string of the molecule is CN=C(NCC(C)Oc1ccccc1OC)NCC(C)(C)N(C)C. The van der Waals surface area contributed by atoms with Gasteiger partial charge >= 0.3 is 0 Å². The summed E-state index contributed by atoms with van der Waals surface area (Å²) in [7, 11) is 7.55. The number of methoxy groups -OCH3 is 1. The van der Waals surface area contributed by atoms with Gasteiger partial charge in [-0.05, 0) is 47.0 Å². The maximum Gasteiger partial charge on any atom is 0.191 e. The van der Waals surface area contributed by atoms with E-state index in [1.165, 1.54) is 0 Å². The second kappa shape index (κ2) is 9.37. The Bertz CT molecular complexity index is 530. The minimum Gasteiger partial charge on any atom is -0.493 e. The second-order valence-electron chi connectivity index (χ2n) is 6.59. The molecule has 0 radical (unpaired) electrons. The fourth-order valence-corrected chi connectivity index (χ4v) is 1.89. The molecule has 0 fully saturated rings. The molecule has 0 saturated heterocycles. The number of rotatable bonds is 8. The van der Waals surface area contributed by atoms with Crippen LogP contribution in [-0.4, -0.2) is 63.8 Å². The summed E-state index contributed by atoms with van der Waals surface area (Å²) in [6.45, 7) is 7.80. The van der Waals surface area contributed by atoms with Crippen molar-refractivity contribution in [2.24, 2.45) is 4.99 Å². The molecular formula is C18H32N4O2. The van der Waals surface area contributed by atoms with Crippen LogP contribution in [0.4, 0.5) is 0 Å². The number of aliphatic imine (C=N–C) groups is 1. The van der Waals surface area contributed by atoms with Crippen LogP contribution < -0.4 is 20.1 Å². The minimum absolute atomic E-state index is 0.0262. The fourth-order valence-electron chi connectivity index (χ4n) is 1.89. The van der Waals surface area contributed by atoms with E-state index in [1.54, 1.807) is 14.2 Å². The van der Waals surface area contributed by atoms with E-state index in [4.69, 9.17) is 9.47 Å². The lowest BCUT2D eigenvalue weighted by Gasteiger charge is -2.33. The van der Waals surface area contributed by atoms with E-state index in [2.05, 4.69) is 48.5 Å². The van der Waals surface area contributed by atoms with Crippen LogP contribution in [0.1, 0.15) is 20.8 Å². The highest BCUT2D eigenvalue weighted by molar-refractivity contribution is 5.79. The molecule has 0 aliphatic heterocycles. The molecule has 6 heteroatoms. The van der Waals surface area contributed by atoms with Crippen LogP contribution in [0.2, 0.25) is 0 Å². The number of guanidine groups is 1. The molecule has 1 rings (SSSR count). The first-order valence-corrected chi connectivity index (χ1v) is 8.21. The molecule has 0 bridgehead atoms. The zero-order valence-electron chi connectivity index (χ0n) is 16.0. The summed E-state index contributed by atoms with van der Waals surface area (Å²) in [6.07, 6.45) is -0.0262. The van der Waals surface area contributed by atoms with E-state index in [9.17, 15) is 0 Å². The summed E-state index contributed by atoms with van der Waals surface area (Å²) in [6, 6.07) is 7.65. The van der Waals surface area contributed by atoms with Gasteiger partial charge in [-0.2, -0.15) is 0 Å². The van der Waals surface area contributed by atoms with Gasteiger partial charge in [0.25, 0.3) is 0 Å². The Morgan fingerprint density at radius 2 is 1.83 bits per heavy atom. The number of hydrogen-bond acceptors (Lipinski definition) is 4. The number of nitrogens with zero attached hydrogens (tertiary/aromatic N) is 2. The molecule has 1 unspecified atom stereocenters. The highest BCUT2D eigenvalue weighted by Crippen LogP contribution is 2.26. The largest absolute Gasteiger partial charge is 0.493 e. The van der Waals surface area contributed by atoms with Crippen molar-refractivity contribution in [3.8, 4) is 11.5 Å². The number of likely N-dealkylation sites (N-methyl/N-ethyl adjacent to an activating group) is 1. The monoisotopic (exact) mass is 336 g/mol. The third-order valence-corrected chi connectivity index (χ3v) is 4.08. The third kappa shape index (κ3) is 6.28. The van der Waals surface area contributed by atoms with Crippen molar-refractivity contribution in [1.82, 2.24) is 15.5 Å². The maximum atomic E-state index is 5.94. The van der Waals surface area contributed by atoms with Gasteiger partial charge in [0.05, 0.1) is 13.7 Å². The molecule has 6 nitrogen and oxygen atoms in total.